The number of likely N-dealkylation sites (N-methyl/N-ethyl adjacent to an activating group) is 1. The molecule has 0 atom stereocenters. The maximum atomic E-state index is 13.6. The number of carbonyl (C=O) groups is 1. The molecule has 0 fully saturated rings. The zero-order valence-corrected chi connectivity index (χ0v) is 11.2. The zero-order valence-electron chi connectivity index (χ0n) is 11.2. The highest BCUT2D eigenvalue weighted by molar-refractivity contribution is 5.81. The van der Waals surface area contributed by atoms with Crippen LogP contribution in [0.25, 0.3) is 0 Å². The van der Waals surface area contributed by atoms with Crippen LogP contribution in [-0.4, -0.2) is 30.0 Å². The van der Waals surface area contributed by atoms with Crippen LogP contribution in [0.3, 0.4) is 0 Å². The van der Waals surface area contributed by atoms with E-state index in [2.05, 4.69) is 10.3 Å². The summed E-state index contributed by atoms with van der Waals surface area (Å²) in [6, 6.07) is 0.656. The van der Waals surface area contributed by atoms with Gasteiger partial charge in [0.25, 0.3) is 0 Å². The van der Waals surface area contributed by atoms with Gasteiger partial charge >= 0.3 is 0 Å². The molecule has 0 aliphatic heterocycles. The molecule has 0 saturated heterocycles. The lowest BCUT2D eigenvalue weighted by Gasteiger charge is -2.22. The van der Waals surface area contributed by atoms with Crippen LogP contribution in [0.5, 0.6) is 0 Å². The summed E-state index contributed by atoms with van der Waals surface area (Å²) < 4.78 is 26.7. The molecule has 0 unspecified atom stereocenters. The Morgan fingerprint density at radius 2 is 2.11 bits per heavy atom. The van der Waals surface area contributed by atoms with Crippen LogP contribution in [-0.2, 0) is 4.79 Å². The maximum absolute atomic E-state index is 13.6. The highest BCUT2D eigenvalue weighted by Crippen LogP contribution is 2.20. The fourth-order valence-electron chi connectivity index (χ4n) is 1.57. The maximum Gasteiger partial charge on any atom is 0.239 e. The Balaban J connectivity index is 2.91. The standard InChI is InChI=1S/C12H18F2N4O/c1-4-18(6-10(19)16-7(2)3)12-9(14)5-8(13)11(15)17-12/h5,7H,4,6H2,1-3H3,(H2,15,17)(H,16,19). The molecular weight excluding hydrogens is 254 g/mol. The molecule has 19 heavy (non-hydrogen) atoms. The van der Waals surface area contributed by atoms with E-state index in [-0.39, 0.29) is 30.1 Å². The SMILES string of the molecule is CCN(CC(=O)NC(C)C)c1nc(N)c(F)cc1F. The Morgan fingerprint density at radius 3 is 2.63 bits per heavy atom. The van der Waals surface area contributed by atoms with E-state index in [1.54, 1.807) is 6.92 Å². The van der Waals surface area contributed by atoms with Gasteiger partial charge in [-0.05, 0) is 20.8 Å². The molecule has 0 radical (unpaired) electrons. The Hall–Kier alpha value is -1.92. The number of hydrogen-bond donors (Lipinski definition) is 2. The summed E-state index contributed by atoms with van der Waals surface area (Å²) >= 11 is 0. The van der Waals surface area contributed by atoms with Crippen LogP contribution in [0.2, 0.25) is 0 Å². The number of aromatic nitrogens is 1. The van der Waals surface area contributed by atoms with E-state index in [1.807, 2.05) is 13.8 Å². The zero-order chi connectivity index (χ0) is 14.6. The largest absolute Gasteiger partial charge is 0.381 e. The van der Waals surface area contributed by atoms with Crippen molar-refractivity contribution in [3.63, 3.8) is 0 Å². The van der Waals surface area contributed by atoms with Gasteiger partial charge in [-0.1, -0.05) is 0 Å². The van der Waals surface area contributed by atoms with Crippen molar-refractivity contribution in [2.24, 2.45) is 0 Å². The molecule has 0 spiro atoms. The second-order valence-corrected chi connectivity index (χ2v) is 4.40. The van der Waals surface area contributed by atoms with E-state index < -0.39 is 11.6 Å². The Bertz CT molecular complexity index is 465. The molecular formula is C12H18F2N4O. The molecule has 1 aromatic heterocycles. The van der Waals surface area contributed by atoms with Gasteiger partial charge in [0.2, 0.25) is 5.91 Å². The van der Waals surface area contributed by atoms with Gasteiger partial charge in [-0.25, -0.2) is 13.8 Å². The van der Waals surface area contributed by atoms with E-state index in [0.717, 1.165) is 0 Å². The van der Waals surface area contributed by atoms with Crippen LogP contribution in [0, 0.1) is 11.6 Å². The molecule has 1 amide bonds. The number of nitrogens with two attached hydrogens (primary N) is 1. The van der Waals surface area contributed by atoms with Gasteiger partial charge in [-0.15, -0.1) is 0 Å². The Labute approximate surface area is 110 Å². The summed E-state index contributed by atoms with van der Waals surface area (Å²) in [7, 11) is 0. The number of hydrogen-bond acceptors (Lipinski definition) is 4. The second kappa shape index (κ2) is 6.31. The number of carbonyl (C=O) groups excluding carboxylic acids is 1. The van der Waals surface area contributed by atoms with Crippen LogP contribution < -0.4 is 16.0 Å². The first kappa shape index (κ1) is 15.1. The monoisotopic (exact) mass is 272 g/mol. The third kappa shape index (κ3) is 4.04. The molecule has 1 rings (SSSR count). The number of anilines is 2. The van der Waals surface area contributed by atoms with E-state index in [9.17, 15) is 13.6 Å². The van der Waals surface area contributed by atoms with Crippen molar-refractivity contribution < 1.29 is 13.6 Å². The molecule has 0 bridgehead atoms. The molecule has 1 aromatic rings. The van der Waals surface area contributed by atoms with E-state index in [1.165, 1.54) is 4.90 Å². The molecule has 0 saturated carbocycles. The first-order valence-corrected chi connectivity index (χ1v) is 6.01. The van der Waals surface area contributed by atoms with Gasteiger partial charge in [0.15, 0.2) is 23.3 Å². The Morgan fingerprint density at radius 1 is 1.47 bits per heavy atom. The third-order valence-electron chi connectivity index (χ3n) is 2.40. The van der Waals surface area contributed by atoms with E-state index in [0.29, 0.717) is 12.6 Å². The average molecular weight is 272 g/mol. The number of nitrogen functional groups attached to an aromatic ring is 1. The summed E-state index contributed by atoms with van der Waals surface area (Å²) in [4.78, 5) is 16.7. The van der Waals surface area contributed by atoms with Crippen molar-refractivity contribution >= 4 is 17.5 Å². The van der Waals surface area contributed by atoms with Gasteiger partial charge in [0, 0.05) is 18.7 Å². The van der Waals surface area contributed by atoms with Crippen LogP contribution in [0.4, 0.5) is 20.4 Å². The minimum Gasteiger partial charge on any atom is -0.381 e. The number of nitrogens with one attached hydrogen (secondary N) is 1. The van der Waals surface area contributed by atoms with Crippen LogP contribution in [0.1, 0.15) is 20.8 Å². The molecule has 3 N–H and O–H groups in total. The topological polar surface area (TPSA) is 71.2 Å². The smallest absolute Gasteiger partial charge is 0.239 e. The summed E-state index contributed by atoms with van der Waals surface area (Å²) in [6.45, 7) is 5.67. The summed E-state index contributed by atoms with van der Waals surface area (Å²) in [5, 5.41) is 2.69. The summed E-state index contributed by atoms with van der Waals surface area (Å²) in [6.07, 6.45) is 0. The number of rotatable bonds is 5. The fraction of sp³-hybridized carbons (Fsp3) is 0.500. The quantitative estimate of drug-likeness (QED) is 0.847. The van der Waals surface area contributed by atoms with Crippen LogP contribution in [0.15, 0.2) is 6.07 Å². The normalized spacial score (nSPS) is 10.6. The molecule has 0 aromatic carbocycles. The highest BCUT2D eigenvalue weighted by atomic mass is 19.1. The number of halogens is 2. The van der Waals surface area contributed by atoms with Gasteiger partial charge in [-0.3, -0.25) is 4.79 Å². The van der Waals surface area contributed by atoms with Crippen molar-refractivity contribution in [2.45, 2.75) is 26.8 Å². The lowest BCUT2D eigenvalue weighted by Crippen LogP contribution is -2.40. The fourth-order valence-corrected chi connectivity index (χ4v) is 1.57. The van der Waals surface area contributed by atoms with Crippen molar-refractivity contribution in [3.05, 3.63) is 17.7 Å². The average Bonchev–Trinajstić information content (AvgIpc) is 2.30. The second-order valence-electron chi connectivity index (χ2n) is 4.40. The lowest BCUT2D eigenvalue weighted by atomic mass is 10.3. The van der Waals surface area contributed by atoms with E-state index >= 15 is 0 Å². The minimum atomic E-state index is -0.913. The predicted molar refractivity (Wildman–Crippen MR) is 69.7 cm³/mol. The van der Waals surface area contributed by atoms with Gasteiger partial charge < -0.3 is 16.0 Å². The minimum absolute atomic E-state index is 0.0118. The third-order valence-corrected chi connectivity index (χ3v) is 2.40. The molecule has 0 aliphatic rings. The van der Waals surface area contributed by atoms with Crippen molar-refractivity contribution in [1.82, 2.24) is 10.3 Å². The van der Waals surface area contributed by atoms with Crippen molar-refractivity contribution in [3.8, 4) is 0 Å². The van der Waals surface area contributed by atoms with Gasteiger partial charge in [0.05, 0.1) is 6.54 Å². The van der Waals surface area contributed by atoms with Crippen molar-refractivity contribution in [1.29, 1.82) is 0 Å². The number of nitrogens with zero attached hydrogens (tertiary/aromatic N) is 2. The van der Waals surface area contributed by atoms with Crippen molar-refractivity contribution in [2.75, 3.05) is 23.7 Å². The molecule has 106 valence electrons. The van der Waals surface area contributed by atoms with Crippen LogP contribution >= 0.6 is 0 Å². The van der Waals surface area contributed by atoms with Gasteiger partial charge in [-0.2, -0.15) is 0 Å². The number of amides is 1. The first-order chi connectivity index (χ1) is 8.85. The molecule has 7 heteroatoms. The predicted octanol–water partition coefficient (Wildman–Crippen LogP) is 1.29. The van der Waals surface area contributed by atoms with E-state index in [4.69, 9.17) is 5.73 Å². The highest BCUT2D eigenvalue weighted by Gasteiger charge is 2.18. The molecule has 1 heterocycles. The lowest BCUT2D eigenvalue weighted by molar-refractivity contribution is -0.120. The summed E-state index contributed by atoms with van der Waals surface area (Å²) in [5.74, 6) is -2.53. The Kier molecular flexibility index (Phi) is 5.02. The van der Waals surface area contributed by atoms with Gasteiger partial charge in [0.1, 0.15) is 0 Å². The molecule has 5 nitrogen and oxygen atoms in total. The first-order valence-electron chi connectivity index (χ1n) is 6.01. The number of pyridine rings is 1. The molecule has 0 aliphatic carbocycles. The summed E-state index contributed by atoms with van der Waals surface area (Å²) in [5.41, 5.74) is 5.31.